The van der Waals surface area contributed by atoms with Crippen molar-refractivity contribution in [2.75, 3.05) is 6.61 Å². The fraction of sp³-hybridized carbons (Fsp3) is 0.942. The van der Waals surface area contributed by atoms with Gasteiger partial charge in [0.2, 0.25) is 5.91 Å². The van der Waals surface area contributed by atoms with E-state index in [4.69, 9.17) is 0 Å². The molecule has 58 heavy (non-hydrogen) atoms. The lowest BCUT2D eigenvalue weighted by Crippen LogP contribution is -2.53. The zero-order valence-electron chi connectivity index (χ0n) is 39.1. The zero-order valence-corrected chi connectivity index (χ0v) is 39.1. The van der Waals surface area contributed by atoms with Gasteiger partial charge in [0, 0.05) is 0 Å². The number of hydrogen-bond acceptors (Lipinski definition) is 5. The zero-order chi connectivity index (χ0) is 42.4. The summed E-state index contributed by atoms with van der Waals surface area (Å²) in [4.78, 5) is 12.5. The highest BCUT2D eigenvalue weighted by Crippen LogP contribution is 2.17. The van der Waals surface area contributed by atoms with Gasteiger partial charge < -0.3 is 25.7 Å². The van der Waals surface area contributed by atoms with Gasteiger partial charge in [-0.1, -0.05) is 257 Å². The van der Waals surface area contributed by atoms with Gasteiger partial charge in [0.25, 0.3) is 0 Å². The predicted octanol–water partition coefficient (Wildman–Crippen LogP) is 14.5. The SMILES string of the molecule is CCCCCCCCCCCCCCCCCCCCCCCCCCCC/C=C/CCCC(O)C(O)C(CO)NC(=O)C(O)CCCCCCCCCCCCC. The monoisotopic (exact) mass is 822 g/mol. The lowest BCUT2D eigenvalue weighted by Gasteiger charge is -2.27. The maximum Gasteiger partial charge on any atom is 0.249 e. The van der Waals surface area contributed by atoms with Crippen molar-refractivity contribution < 1.29 is 25.2 Å². The van der Waals surface area contributed by atoms with E-state index in [-0.39, 0.29) is 0 Å². The first kappa shape index (κ1) is 57.1. The van der Waals surface area contributed by atoms with Gasteiger partial charge in [-0.15, -0.1) is 0 Å². The molecular weight excluding hydrogens is 719 g/mol. The highest BCUT2D eigenvalue weighted by atomic mass is 16.3. The van der Waals surface area contributed by atoms with Gasteiger partial charge in [-0.2, -0.15) is 0 Å². The molecule has 0 bridgehead atoms. The molecule has 0 saturated heterocycles. The van der Waals surface area contributed by atoms with Crippen LogP contribution in [0.25, 0.3) is 0 Å². The number of aliphatic hydroxyl groups excluding tert-OH is 4. The van der Waals surface area contributed by atoms with Gasteiger partial charge in [-0.3, -0.25) is 4.79 Å². The van der Waals surface area contributed by atoms with E-state index in [1.165, 1.54) is 218 Å². The minimum absolute atomic E-state index is 0.367. The van der Waals surface area contributed by atoms with Crippen LogP contribution < -0.4 is 5.32 Å². The van der Waals surface area contributed by atoms with Crippen LogP contribution in [-0.4, -0.2) is 57.3 Å². The maximum absolute atomic E-state index is 12.5. The third-order valence-electron chi connectivity index (χ3n) is 12.5. The summed E-state index contributed by atoms with van der Waals surface area (Å²) in [6.45, 7) is 4.05. The van der Waals surface area contributed by atoms with Crippen LogP contribution in [0, 0.1) is 0 Å². The Morgan fingerprint density at radius 2 is 0.707 bits per heavy atom. The number of amides is 1. The molecule has 0 rings (SSSR count). The average Bonchev–Trinajstić information content (AvgIpc) is 3.23. The molecule has 5 N–H and O–H groups in total. The number of nitrogens with one attached hydrogen (secondary N) is 1. The fourth-order valence-electron chi connectivity index (χ4n) is 8.35. The molecule has 0 aliphatic rings. The number of aliphatic hydroxyl groups is 4. The summed E-state index contributed by atoms with van der Waals surface area (Å²) in [6, 6.07) is -0.997. The minimum Gasteiger partial charge on any atom is -0.394 e. The maximum atomic E-state index is 12.5. The first-order valence-corrected chi connectivity index (χ1v) is 26.1. The van der Waals surface area contributed by atoms with E-state index in [9.17, 15) is 25.2 Å². The number of carbonyl (C=O) groups is 1. The van der Waals surface area contributed by atoms with Crippen LogP contribution in [0.15, 0.2) is 12.2 Å². The number of carbonyl (C=O) groups excluding carboxylic acids is 1. The fourth-order valence-corrected chi connectivity index (χ4v) is 8.35. The van der Waals surface area contributed by atoms with Crippen LogP contribution in [-0.2, 0) is 4.79 Å². The molecule has 0 aromatic rings. The van der Waals surface area contributed by atoms with E-state index < -0.39 is 36.9 Å². The van der Waals surface area contributed by atoms with Crippen molar-refractivity contribution >= 4 is 5.91 Å². The Bertz CT molecular complexity index is 837. The van der Waals surface area contributed by atoms with E-state index in [2.05, 4.69) is 31.3 Å². The molecule has 346 valence electrons. The molecule has 0 aromatic heterocycles. The first-order chi connectivity index (χ1) is 28.5. The van der Waals surface area contributed by atoms with E-state index >= 15 is 0 Å². The quantitative estimate of drug-likeness (QED) is 0.0310. The summed E-state index contributed by atoms with van der Waals surface area (Å²) in [5, 5.41) is 43.7. The molecule has 0 aliphatic carbocycles. The second kappa shape index (κ2) is 47.1. The van der Waals surface area contributed by atoms with Crippen molar-refractivity contribution in [3.05, 3.63) is 12.2 Å². The van der Waals surface area contributed by atoms with Crippen molar-refractivity contribution in [2.24, 2.45) is 0 Å². The van der Waals surface area contributed by atoms with Crippen LogP contribution in [0.3, 0.4) is 0 Å². The van der Waals surface area contributed by atoms with Gasteiger partial charge >= 0.3 is 0 Å². The largest absolute Gasteiger partial charge is 0.394 e. The number of unbranched alkanes of at least 4 members (excludes halogenated alkanes) is 37. The molecule has 6 heteroatoms. The molecule has 0 aliphatic heterocycles. The van der Waals surface area contributed by atoms with Crippen molar-refractivity contribution in [1.29, 1.82) is 0 Å². The number of allylic oxidation sites excluding steroid dienone is 2. The summed E-state index contributed by atoms with van der Waals surface area (Å²) >= 11 is 0. The van der Waals surface area contributed by atoms with Crippen LogP contribution in [0.4, 0.5) is 0 Å². The van der Waals surface area contributed by atoms with Crippen molar-refractivity contribution in [3.63, 3.8) is 0 Å². The Labute approximate surface area is 362 Å². The summed E-state index contributed by atoms with van der Waals surface area (Å²) < 4.78 is 0. The molecule has 4 unspecified atom stereocenters. The summed E-state index contributed by atoms with van der Waals surface area (Å²) in [5.41, 5.74) is 0. The van der Waals surface area contributed by atoms with Gasteiger partial charge in [-0.25, -0.2) is 0 Å². The summed E-state index contributed by atoms with van der Waals surface area (Å²) in [7, 11) is 0. The van der Waals surface area contributed by atoms with Crippen molar-refractivity contribution in [1.82, 2.24) is 5.32 Å². The molecule has 0 fully saturated rings. The Morgan fingerprint density at radius 1 is 0.414 bits per heavy atom. The molecule has 0 heterocycles. The smallest absolute Gasteiger partial charge is 0.249 e. The first-order valence-electron chi connectivity index (χ1n) is 26.1. The van der Waals surface area contributed by atoms with Gasteiger partial charge in [0.05, 0.1) is 18.8 Å². The Morgan fingerprint density at radius 3 is 1.03 bits per heavy atom. The van der Waals surface area contributed by atoms with E-state index in [1.807, 2.05) is 0 Å². The standard InChI is InChI=1S/C52H103NO5/c1-3-5-7-9-11-13-15-16-17-18-19-20-21-22-23-24-25-26-27-28-29-30-31-32-33-34-36-37-39-41-43-45-49(55)51(57)48(47-54)53-52(58)50(56)46-44-42-40-38-35-14-12-10-8-6-4-2/h37,39,48-51,54-57H,3-36,38,40-47H2,1-2H3,(H,53,58)/b39-37+. The number of hydrogen-bond donors (Lipinski definition) is 5. The van der Waals surface area contributed by atoms with Crippen molar-refractivity contribution in [3.8, 4) is 0 Å². The molecule has 0 saturated carbocycles. The van der Waals surface area contributed by atoms with Crippen LogP contribution in [0.2, 0.25) is 0 Å². The van der Waals surface area contributed by atoms with E-state index in [0.717, 1.165) is 38.5 Å². The predicted molar refractivity (Wildman–Crippen MR) is 251 cm³/mol. The summed E-state index contributed by atoms with van der Waals surface area (Å²) in [5.74, 6) is -0.591. The highest BCUT2D eigenvalue weighted by Gasteiger charge is 2.28. The Balaban J connectivity index is 3.57. The molecule has 4 atom stereocenters. The average molecular weight is 822 g/mol. The molecule has 0 radical (unpaired) electrons. The number of rotatable bonds is 48. The Kier molecular flexibility index (Phi) is 46.3. The molecule has 6 nitrogen and oxygen atoms in total. The third-order valence-corrected chi connectivity index (χ3v) is 12.5. The van der Waals surface area contributed by atoms with Crippen molar-refractivity contribution in [2.45, 2.75) is 308 Å². The van der Waals surface area contributed by atoms with E-state index in [0.29, 0.717) is 12.8 Å². The minimum atomic E-state index is -1.28. The highest BCUT2D eigenvalue weighted by molar-refractivity contribution is 5.80. The molecule has 1 amide bonds. The Hall–Kier alpha value is -0.950. The van der Waals surface area contributed by atoms with Crippen LogP contribution in [0.1, 0.15) is 284 Å². The summed E-state index contributed by atoms with van der Waals surface area (Å²) in [6.07, 6.45) is 54.4. The van der Waals surface area contributed by atoms with Gasteiger partial charge in [0.15, 0.2) is 0 Å². The lowest BCUT2D eigenvalue weighted by atomic mass is 10.00. The molecular formula is C52H103NO5. The lowest BCUT2D eigenvalue weighted by molar-refractivity contribution is -0.132. The molecule has 0 aromatic carbocycles. The molecule has 0 spiro atoms. The third kappa shape index (κ3) is 40.5. The normalized spacial score (nSPS) is 14.0. The van der Waals surface area contributed by atoms with Gasteiger partial charge in [0.1, 0.15) is 12.2 Å². The topological polar surface area (TPSA) is 110 Å². The second-order valence-electron chi connectivity index (χ2n) is 18.2. The van der Waals surface area contributed by atoms with Crippen LogP contribution in [0.5, 0.6) is 0 Å². The second-order valence-corrected chi connectivity index (χ2v) is 18.2. The van der Waals surface area contributed by atoms with E-state index in [1.54, 1.807) is 0 Å². The van der Waals surface area contributed by atoms with Gasteiger partial charge in [-0.05, 0) is 38.5 Å². The van der Waals surface area contributed by atoms with Crippen LogP contribution >= 0.6 is 0 Å².